The maximum absolute atomic E-state index is 11.8. The Morgan fingerprint density at radius 3 is 2.25 bits per heavy atom. The zero-order valence-corrected chi connectivity index (χ0v) is 22.2. The molecule has 5 aliphatic rings. The highest BCUT2D eigenvalue weighted by Crippen LogP contribution is 2.76. The Hall–Kier alpha value is -0.340. The summed E-state index contributed by atoms with van der Waals surface area (Å²) in [5.41, 5.74) is 2.44. The molecular formula is C30H50O2. The second-order valence-corrected chi connectivity index (χ2v) is 14.8. The standard InChI is InChI=1S/C30H50O2/c1-18-11-13-27(5)15-16-29(7)20(24(27)19(18)2)9-10-22-28(6)14-12-23(32)26(3,4)25(28)21(31)17-30(22,29)8/h11,19-25,31-32H,9-10,12-17H2,1-8H3/t19-,20-,21-,22-,23+,24-,25?,27-,28-,29-,30-/m1/s1. The fourth-order valence-corrected chi connectivity index (χ4v) is 11.4. The van der Waals surface area contributed by atoms with E-state index in [4.69, 9.17) is 0 Å². The molecule has 2 nitrogen and oxygen atoms in total. The molecule has 0 spiro atoms. The van der Waals surface area contributed by atoms with Crippen LogP contribution in [0.1, 0.15) is 107 Å². The summed E-state index contributed by atoms with van der Waals surface area (Å²) in [6.07, 6.45) is 11.4. The van der Waals surface area contributed by atoms with Crippen molar-refractivity contribution in [2.45, 2.75) is 119 Å². The Balaban J connectivity index is 1.58. The maximum atomic E-state index is 11.8. The van der Waals surface area contributed by atoms with Crippen LogP contribution in [0.4, 0.5) is 0 Å². The molecular weight excluding hydrogens is 392 g/mol. The molecule has 0 saturated heterocycles. The summed E-state index contributed by atoms with van der Waals surface area (Å²) in [7, 11) is 0. The quantitative estimate of drug-likeness (QED) is 0.397. The Kier molecular flexibility index (Phi) is 5.02. The molecule has 0 bridgehead atoms. The van der Waals surface area contributed by atoms with Gasteiger partial charge in [-0.3, -0.25) is 0 Å². The van der Waals surface area contributed by atoms with Gasteiger partial charge in [-0.2, -0.15) is 0 Å². The first kappa shape index (κ1) is 23.4. The van der Waals surface area contributed by atoms with Crippen LogP contribution in [0.25, 0.3) is 0 Å². The summed E-state index contributed by atoms with van der Waals surface area (Å²) < 4.78 is 0. The third-order valence-corrected chi connectivity index (χ3v) is 13.4. The Morgan fingerprint density at radius 2 is 1.56 bits per heavy atom. The highest BCUT2D eigenvalue weighted by Gasteiger charge is 2.71. The van der Waals surface area contributed by atoms with Gasteiger partial charge in [-0.15, -0.1) is 0 Å². The van der Waals surface area contributed by atoms with E-state index in [9.17, 15) is 10.2 Å². The summed E-state index contributed by atoms with van der Waals surface area (Å²) in [6, 6.07) is 0. The molecule has 0 aromatic rings. The predicted octanol–water partition coefficient (Wildman–Crippen LogP) is 7.00. The first-order chi connectivity index (χ1) is 14.7. The number of allylic oxidation sites excluding steroid dienone is 2. The first-order valence-corrected chi connectivity index (χ1v) is 13.8. The molecule has 0 aromatic carbocycles. The summed E-state index contributed by atoms with van der Waals surface area (Å²) >= 11 is 0. The number of hydrogen-bond donors (Lipinski definition) is 2. The van der Waals surface area contributed by atoms with Gasteiger partial charge >= 0.3 is 0 Å². The summed E-state index contributed by atoms with van der Waals surface area (Å²) in [5.74, 6) is 3.06. The molecule has 4 fully saturated rings. The number of aliphatic hydroxyl groups is 2. The van der Waals surface area contributed by atoms with Gasteiger partial charge in [0.25, 0.3) is 0 Å². The fraction of sp³-hybridized carbons (Fsp3) is 0.933. The lowest BCUT2D eigenvalue weighted by molar-refractivity contribution is -0.277. The van der Waals surface area contributed by atoms with Gasteiger partial charge in [0, 0.05) is 0 Å². The Bertz CT molecular complexity index is 814. The molecule has 5 rings (SSSR count). The molecule has 0 aromatic heterocycles. The van der Waals surface area contributed by atoms with Crippen LogP contribution in [0, 0.1) is 56.7 Å². The van der Waals surface area contributed by atoms with Crippen LogP contribution in [-0.4, -0.2) is 22.4 Å². The highest BCUT2D eigenvalue weighted by atomic mass is 16.3. The normalized spacial score (nSPS) is 59.2. The van der Waals surface area contributed by atoms with Gasteiger partial charge in [0.1, 0.15) is 0 Å². The molecule has 1 unspecified atom stereocenters. The number of fused-ring (bicyclic) bond motifs is 7. The molecule has 5 aliphatic carbocycles. The molecule has 4 saturated carbocycles. The molecule has 0 heterocycles. The van der Waals surface area contributed by atoms with Crippen molar-refractivity contribution in [3.05, 3.63) is 11.6 Å². The van der Waals surface area contributed by atoms with Crippen molar-refractivity contribution in [2.75, 3.05) is 0 Å². The van der Waals surface area contributed by atoms with Crippen LogP contribution in [0.5, 0.6) is 0 Å². The lowest BCUT2D eigenvalue weighted by Crippen LogP contribution is -2.70. The zero-order valence-electron chi connectivity index (χ0n) is 22.2. The monoisotopic (exact) mass is 442 g/mol. The molecule has 0 amide bonds. The van der Waals surface area contributed by atoms with E-state index in [1.165, 1.54) is 32.1 Å². The van der Waals surface area contributed by atoms with Crippen LogP contribution in [0.3, 0.4) is 0 Å². The fourth-order valence-electron chi connectivity index (χ4n) is 11.4. The minimum Gasteiger partial charge on any atom is -0.393 e. The topological polar surface area (TPSA) is 40.5 Å². The minimum absolute atomic E-state index is 0.123. The van der Waals surface area contributed by atoms with E-state index in [1.54, 1.807) is 5.57 Å². The SMILES string of the molecule is CC1=CC[C@]2(C)CC[C@]3(C)[C@H](CC[C@@H]4[C@@]5(C)CC[C@H](O)C(C)(C)C5[C@H](O)C[C@]43C)[C@H]2[C@@H]1C. The second kappa shape index (κ2) is 6.87. The van der Waals surface area contributed by atoms with Crippen LogP contribution in [-0.2, 0) is 0 Å². The third-order valence-electron chi connectivity index (χ3n) is 13.4. The first-order valence-electron chi connectivity index (χ1n) is 13.8. The van der Waals surface area contributed by atoms with Crippen molar-refractivity contribution in [3.8, 4) is 0 Å². The van der Waals surface area contributed by atoms with Crippen molar-refractivity contribution < 1.29 is 10.2 Å². The molecule has 0 radical (unpaired) electrons. The van der Waals surface area contributed by atoms with E-state index in [1.807, 2.05) is 0 Å². The molecule has 2 heteroatoms. The van der Waals surface area contributed by atoms with Gasteiger partial charge in [0.2, 0.25) is 0 Å². The average molecular weight is 443 g/mol. The lowest BCUT2D eigenvalue weighted by Gasteiger charge is -2.74. The van der Waals surface area contributed by atoms with Gasteiger partial charge in [-0.1, -0.05) is 60.1 Å². The van der Waals surface area contributed by atoms with E-state index in [0.717, 1.165) is 31.1 Å². The van der Waals surface area contributed by atoms with Gasteiger partial charge in [0.05, 0.1) is 12.2 Å². The summed E-state index contributed by atoms with van der Waals surface area (Å²) in [6.45, 7) is 19.6. The van der Waals surface area contributed by atoms with Gasteiger partial charge in [0.15, 0.2) is 0 Å². The average Bonchev–Trinajstić information content (AvgIpc) is 2.69. The predicted molar refractivity (Wildman–Crippen MR) is 132 cm³/mol. The number of aliphatic hydroxyl groups excluding tert-OH is 2. The van der Waals surface area contributed by atoms with Gasteiger partial charge in [-0.25, -0.2) is 0 Å². The third kappa shape index (κ3) is 2.66. The van der Waals surface area contributed by atoms with Crippen molar-refractivity contribution in [1.82, 2.24) is 0 Å². The Labute approximate surface area is 197 Å². The Morgan fingerprint density at radius 1 is 0.875 bits per heavy atom. The summed E-state index contributed by atoms with van der Waals surface area (Å²) in [5, 5.41) is 22.7. The smallest absolute Gasteiger partial charge is 0.0595 e. The van der Waals surface area contributed by atoms with E-state index in [-0.39, 0.29) is 34.4 Å². The second-order valence-electron chi connectivity index (χ2n) is 14.8. The number of rotatable bonds is 0. The molecule has 32 heavy (non-hydrogen) atoms. The van der Waals surface area contributed by atoms with Crippen LogP contribution >= 0.6 is 0 Å². The summed E-state index contributed by atoms with van der Waals surface area (Å²) in [4.78, 5) is 0. The highest BCUT2D eigenvalue weighted by molar-refractivity contribution is 5.23. The van der Waals surface area contributed by atoms with Crippen LogP contribution in [0.2, 0.25) is 0 Å². The van der Waals surface area contributed by atoms with E-state index < -0.39 is 0 Å². The van der Waals surface area contributed by atoms with E-state index in [0.29, 0.717) is 22.7 Å². The lowest BCUT2D eigenvalue weighted by atomic mass is 9.31. The van der Waals surface area contributed by atoms with Crippen molar-refractivity contribution in [3.63, 3.8) is 0 Å². The van der Waals surface area contributed by atoms with Crippen molar-refractivity contribution >= 4 is 0 Å². The minimum atomic E-state index is -0.305. The molecule has 2 N–H and O–H groups in total. The molecule has 11 atom stereocenters. The van der Waals surface area contributed by atoms with Crippen molar-refractivity contribution in [2.24, 2.45) is 56.7 Å². The number of hydrogen-bond acceptors (Lipinski definition) is 2. The van der Waals surface area contributed by atoms with E-state index in [2.05, 4.69) is 61.5 Å². The van der Waals surface area contributed by atoms with Crippen LogP contribution < -0.4 is 0 Å². The maximum Gasteiger partial charge on any atom is 0.0595 e. The van der Waals surface area contributed by atoms with Gasteiger partial charge in [-0.05, 0) is 115 Å². The van der Waals surface area contributed by atoms with Crippen LogP contribution in [0.15, 0.2) is 11.6 Å². The van der Waals surface area contributed by atoms with Crippen molar-refractivity contribution in [1.29, 1.82) is 0 Å². The zero-order chi connectivity index (χ0) is 23.5. The largest absolute Gasteiger partial charge is 0.393 e. The molecule has 0 aliphatic heterocycles. The van der Waals surface area contributed by atoms with Gasteiger partial charge < -0.3 is 10.2 Å². The van der Waals surface area contributed by atoms with E-state index >= 15 is 0 Å². The molecule has 182 valence electrons.